The molecule has 0 radical (unpaired) electrons. The Kier molecular flexibility index (Phi) is 3.92. The number of carboxylic acid groups (broad SMARTS) is 3. The van der Waals surface area contributed by atoms with Gasteiger partial charge in [-0.15, -0.1) is 11.6 Å². The second-order valence-electron chi connectivity index (χ2n) is 5.50. The van der Waals surface area contributed by atoms with Crippen LogP contribution in [0.1, 0.15) is 12.8 Å². The first-order valence-electron chi connectivity index (χ1n) is 6.17. The average molecular weight is 339 g/mol. The average Bonchev–Trinajstić information content (AvgIpc) is 2.75. The normalized spacial score (nSPS) is 41.0. The summed E-state index contributed by atoms with van der Waals surface area (Å²) in [5.74, 6) is -10.0. The number of carbonyl (C=O) groups excluding carboxylic acids is 1. The van der Waals surface area contributed by atoms with Gasteiger partial charge in [0.25, 0.3) is 0 Å². The quantitative estimate of drug-likeness (QED) is 0.501. The molecule has 6 atom stereocenters. The molecule has 2 aliphatic carbocycles. The van der Waals surface area contributed by atoms with E-state index in [2.05, 4.69) is 0 Å². The largest absolute Gasteiger partial charge is 0.481 e. The summed E-state index contributed by atoms with van der Waals surface area (Å²) in [5, 5.41) is 27.0. The Morgan fingerprint density at radius 1 is 1.00 bits per heavy atom. The van der Waals surface area contributed by atoms with Gasteiger partial charge in [-0.1, -0.05) is 0 Å². The molecule has 0 aliphatic heterocycles. The van der Waals surface area contributed by atoms with Crippen LogP contribution < -0.4 is 0 Å². The SMILES string of the molecule is O=C(Cl)CC1C(C(=O)O)C2CC1(Cl)C(C(=O)O)C2C(=O)O. The molecule has 2 bridgehead atoms. The molecule has 6 unspecified atom stereocenters. The van der Waals surface area contributed by atoms with E-state index in [0.29, 0.717) is 0 Å². The summed E-state index contributed by atoms with van der Waals surface area (Å²) in [5.41, 5.74) is 0. The molecule has 2 aliphatic rings. The van der Waals surface area contributed by atoms with Gasteiger partial charge in [-0.2, -0.15) is 0 Å². The van der Waals surface area contributed by atoms with Gasteiger partial charge in [-0.3, -0.25) is 19.2 Å². The molecule has 7 nitrogen and oxygen atoms in total. The summed E-state index contributed by atoms with van der Waals surface area (Å²) in [6.07, 6.45) is -0.469. The fourth-order valence-electron chi connectivity index (χ4n) is 4.00. The number of carboxylic acids is 3. The van der Waals surface area contributed by atoms with Crippen molar-refractivity contribution in [2.24, 2.45) is 29.6 Å². The van der Waals surface area contributed by atoms with Crippen LogP contribution in [-0.2, 0) is 19.2 Å². The fourth-order valence-corrected chi connectivity index (χ4v) is 4.79. The molecule has 2 saturated carbocycles. The Bertz CT molecular complexity index is 534. The maximum atomic E-state index is 11.4. The summed E-state index contributed by atoms with van der Waals surface area (Å²) in [4.78, 5) is 43.7. The van der Waals surface area contributed by atoms with Crippen LogP contribution in [0.15, 0.2) is 0 Å². The maximum absolute atomic E-state index is 11.4. The van der Waals surface area contributed by atoms with E-state index in [-0.39, 0.29) is 6.42 Å². The Morgan fingerprint density at radius 2 is 1.52 bits per heavy atom. The number of alkyl halides is 1. The Morgan fingerprint density at radius 3 is 1.90 bits per heavy atom. The van der Waals surface area contributed by atoms with Gasteiger partial charge >= 0.3 is 17.9 Å². The van der Waals surface area contributed by atoms with Gasteiger partial charge in [0, 0.05) is 12.3 Å². The molecule has 0 aromatic carbocycles. The topological polar surface area (TPSA) is 129 Å². The van der Waals surface area contributed by atoms with Crippen molar-refractivity contribution in [3.05, 3.63) is 0 Å². The molecule has 0 saturated heterocycles. The van der Waals surface area contributed by atoms with Crippen LogP contribution in [-0.4, -0.2) is 43.3 Å². The van der Waals surface area contributed by atoms with Crippen LogP contribution in [0.25, 0.3) is 0 Å². The zero-order valence-electron chi connectivity index (χ0n) is 10.5. The second-order valence-corrected chi connectivity index (χ2v) is 6.63. The predicted octanol–water partition coefficient (Wildman–Crippen LogP) is 0.872. The van der Waals surface area contributed by atoms with Crippen molar-refractivity contribution in [2.45, 2.75) is 17.7 Å². The molecule has 21 heavy (non-hydrogen) atoms. The van der Waals surface area contributed by atoms with E-state index in [1.807, 2.05) is 0 Å². The van der Waals surface area contributed by atoms with Gasteiger partial charge in [0.2, 0.25) is 5.24 Å². The van der Waals surface area contributed by atoms with Crippen molar-refractivity contribution in [3.63, 3.8) is 0 Å². The number of hydrogen-bond acceptors (Lipinski definition) is 4. The van der Waals surface area contributed by atoms with Crippen LogP contribution in [0.2, 0.25) is 0 Å². The van der Waals surface area contributed by atoms with Crippen LogP contribution >= 0.6 is 23.2 Å². The molecule has 116 valence electrons. The van der Waals surface area contributed by atoms with E-state index in [4.69, 9.17) is 23.2 Å². The van der Waals surface area contributed by atoms with E-state index >= 15 is 0 Å². The first-order chi connectivity index (χ1) is 9.61. The van der Waals surface area contributed by atoms with Crippen LogP contribution in [0, 0.1) is 29.6 Å². The van der Waals surface area contributed by atoms with E-state index in [1.165, 1.54) is 0 Å². The Balaban J connectivity index is 2.51. The van der Waals surface area contributed by atoms with E-state index < -0.39 is 64.0 Å². The summed E-state index contributed by atoms with van der Waals surface area (Å²) in [7, 11) is 0. The molecule has 9 heteroatoms. The molecule has 0 aromatic rings. The zero-order chi connectivity index (χ0) is 16.1. The molecule has 0 spiro atoms. The van der Waals surface area contributed by atoms with Gasteiger partial charge in [-0.05, 0) is 23.9 Å². The van der Waals surface area contributed by atoms with Crippen molar-refractivity contribution in [3.8, 4) is 0 Å². The molecule has 0 aromatic heterocycles. The van der Waals surface area contributed by atoms with Crippen molar-refractivity contribution >= 4 is 46.4 Å². The van der Waals surface area contributed by atoms with Gasteiger partial charge in [-0.25, -0.2) is 0 Å². The van der Waals surface area contributed by atoms with Crippen molar-refractivity contribution in [1.82, 2.24) is 0 Å². The Hall–Kier alpha value is -1.34. The third kappa shape index (κ3) is 2.28. The van der Waals surface area contributed by atoms with E-state index in [9.17, 15) is 34.5 Å². The first-order valence-corrected chi connectivity index (χ1v) is 6.92. The van der Waals surface area contributed by atoms with Crippen LogP contribution in [0.4, 0.5) is 0 Å². The molecular weight excluding hydrogens is 327 g/mol. The molecule has 3 N–H and O–H groups in total. The standard InChI is InChI=1S/C12H12Cl2O7/c13-5(15)1-4-6(9(16)17)3-2-12(4,14)8(11(20)21)7(3)10(18)19/h3-4,6-8H,1-2H2,(H,16,17)(H,18,19)(H,20,21). The summed E-state index contributed by atoms with van der Waals surface area (Å²) in [6, 6.07) is 0. The number of fused-ring (bicyclic) bond motifs is 2. The van der Waals surface area contributed by atoms with Gasteiger partial charge < -0.3 is 15.3 Å². The predicted molar refractivity (Wildman–Crippen MR) is 69.0 cm³/mol. The van der Waals surface area contributed by atoms with Gasteiger partial charge in [0.05, 0.1) is 22.6 Å². The highest BCUT2D eigenvalue weighted by Crippen LogP contribution is 2.65. The molecule has 0 heterocycles. The Labute approximate surface area is 128 Å². The highest BCUT2D eigenvalue weighted by molar-refractivity contribution is 6.63. The smallest absolute Gasteiger partial charge is 0.309 e. The fraction of sp³-hybridized carbons (Fsp3) is 0.667. The van der Waals surface area contributed by atoms with E-state index in [0.717, 1.165) is 0 Å². The lowest BCUT2D eigenvalue weighted by Gasteiger charge is -2.39. The first kappa shape index (κ1) is 16.0. The summed E-state index contributed by atoms with van der Waals surface area (Å²) in [6.45, 7) is 0. The van der Waals surface area contributed by atoms with Crippen LogP contribution in [0.3, 0.4) is 0 Å². The number of hydrogen-bond donors (Lipinski definition) is 3. The molecule has 2 fully saturated rings. The highest BCUT2D eigenvalue weighted by atomic mass is 35.5. The summed E-state index contributed by atoms with van der Waals surface area (Å²) >= 11 is 11.6. The highest BCUT2D eigenvalue weighted by Gasteiger charge is 2.72. The van der Waals surface area contributed by atoms with E-state index in [1.54, 1.807) is 0 Å². The minimum Gasteiger partial charge on any atom is -0.481 e. The zero-order valence-corrected chi connectivity index (χ0v) is 12.0. The second kappa shape index (κ2) is 5.14. The third-order valence-corrected chi connectivity index (χ3v) is 5.44. The molecule has 2 rings (SSSR count). The third-order valence-electron chi connectivity index (χ3n) is 4.61. The summed E-state index contributed by atoms with van der Waals surface area (Å²) < 4.78 is 0. The number of rotatable bonds is 5. The molecule has 0 amide bonds. The number of aliphatic carboxylic acids is 3. The maximum Gasteiger partial charge on any atom is 0.309 e. The number of carbonyl (C=O) groups is 4. The lowest BCUT2D eigenvalue weighted by atomic mass is 9.67. The van der Waals surface area contributed by atoms with Gasteiger partial charge in [0.1, 0.15) is 0 Å². The monoisotopic (exact) mass is 338 g/mol. The number of halogens is 2. The van der Waals surface area contributed by atoms with Crippen LogP contribution in [0.5, 0.6) is 0 Å². The lowest BCUT2D eigenvalue weighted by Crippen LogP contribution is -2.51. The molecular formula is C12H12Cl2O7. The lowest BCUT2D eigenvalue weighted by molar-refractivity contribution is -0.162. The minimum absolute atomic E-state index is 0.0751. The minimum atomic E-state index is -1.59. The van der Waals surface area contributed by atoms with Crippen molar-refractivity contribution in [1.29, 1.82) is 0 Å². The van der Waals surface area contributed by atoms with Crippen molar-refractivity contribution in [2.75, 3.05) is 0 Å². The van der Waals surface area contributed by atoms with Gasteiger partial charge in [0.15, 0.2) is 0 Å². The van der Waals surface area contributed by atoms with Crippen molar-refractivity contribution < 1.29 is 34.5 Å².